The third-order valence-corrected chi connectivity index (χ3v) is 6.62. The third-order valence-electron chi connectivity index (χ3n) is 4.70. The molecule has 150 valence electrons. The lowest BCUT2D eigenvalue weighted by Crippen LogP contribution is -3.15. The highest BCUT2D eigenvalue weighted by atomic mass is 32.2. The predicted molar refractivity (Wildman–Crippen MR) is 100 cm³/mol. The molecule has 1 fully saturated rings. The monoisotopic (exact) mass is 410 g/mol. The summed E-state index contributed by atoms with van der Waals surface area (Å²) in [5.74, 6) is -1.96. The van der Waals surface area contributed by atoms with Gasteiger partial charge in [0.2, 0.25) is 10.0 Å². The van der Waals surface area contributed by atoms with E-state index in [0.29, 0.717) is 32.2 Å². The normalized spacial score (nSPS) is 16.1. The number of hydrogen-bond acceptors (Lipinski definition) is 3. The molecule has 6 nitrogen and oxygen atoms in total. The van der Waals surface area contributed by atoms with Crippen molar-refractivity contribution in [2.45, 2.75) is 11.8 Å². The molecule has 9 heteroatoms. The standard InChI is InChI=1S/C19H21F2N3O3S/c1-14-2-5-16(6-3-14)28(26,27)24-10-8-23(9-11-24)13-19(25)22-18-7-4-15(20)12-17(18)21/h2-7,12H,8-11,13H2,1H3,(H,22,25)/p+1. The number of piperazine rings is 1. The summed E-state index contributed by atoms with van der Waals surface area (Å²) in [7, 11) is -3.55. The number of hydrogen-bond donors (Lipinski definition) is 2. The van der Waals surface area contributed by atoms with Gasteiger partial charge in [-0.05, 0) is 31.2 Å². The summed E-state index contributed by atoms with van der Waals surface area (Å²) in [6.45, 7) is 3.49. The van der Waals surface area contributed by atoms with Gasteiger partial charge in [-0.1, -0.05) is 17.7 Å². The van der Waals surface area contributed by atoms with E-state index >= 15 is 0 Å². The molecule has 2 N–H and O–H groups in total. The van der Waals surface area contributed by atoms with E-state index < -0.39 is 27.6 Å². The summed E-state index contributed by atoms with van der Waals surface area (Å²) in [6.07, 6.45) is 0. The number of quaternary nitrogens is 1. The molecule has 1 aliphatic rings. The van der Waals surface area contributed by atoms with Crippen molar-refractivity contribution in [2.24, 2.45) is 0 Å². The van der Waals surface area contributed by atoms with Gasteiger partial charge >= 0.3 is 0 Å². The van der Waals surface area contributed by atoms with E-state index in [2.05, 4.69) is 5.32 Å². The van der Waals surface area contributed by atoms with Crippen LogP contribution in [0.2, 0.25) is 0 Å². The van der Waals surface area contributed by atoms with Crippen molar-refractivity contribution in [2.75, 3.05) is 38.0 Å². The summed E-state index contributed by atoms with van der Waals surface area (Å²) >= 11 is 0. The highest BCUT2D eigenvalue weighted by Gasteiger charge is 2.31. The Morgan fingerprint density at radius 2 is 1.75 bits per heavy atom. The van der Waals surface area contributed by atoms with E-state index in [4.69, 9.17) is 0 Å². The zero-order valence-electron chi connectivity index (χ0n) is 15.4. The summed E-state index contributed by atoms with van der Waals surface area (Å²) in [5, 5.41) is 2.42. The van der Waals surface area contributed by atoms with Crippen LogP contribution < -0.4 is 10.2 Å². The van der Waals surface area contributed by atoms with Gasteiger partial charge in [-0.25, -0.2) is 17.2 Å². The Bertz CT molecular complexity index is 957. The zero-order valence-corrected chi connectivity index (χ0v) is 16.2. The fourth-order valence-corrected chi connectivity index (χ4v) is 4.53. The van der Waals surface area contributed by atoms with Crippen molar-refractivity contribution >= 4 is 21.6 Å². The van der Waals surface area contributed by atoms with Crippen molar-refractivity contribution < 1.29 is 26.9 Å². The maximum Gasteiger partial charge on any atom is 0.279 e. The van der Waals surface area contributed by atoms with Gasteiger partial charge in [0, 0.05) is 6.07 Å². The van der Waals surface area contributed by atoms with Crippen molar-refractivity contribution in [1.82, 2.24) is 4.31 Å². The molecule has 0 atom stereocenters. The van der Waals surface area contributed by atoms with E-state index in [0.717, 1.165) is 16.5 Å². The van der Waals surface area contributed by atoms with Gasteiger partial charge in [0.05, 0.1) is 36.8 Å². The fraction of sp³-hybridized carbons (Fsp3) is 0.316. The second-order valence-electron chi connectivity index (χ2n) is 6.82. The second-order valence-corrected chi connectivity index (χ2v) is 8.75. The third kappa shape index (κ3) is 4.73. The molecule has 2 aromatic rings. The van der Waals surface area contributed by atoms with Crippen LogP contribution in [0.4, 0.5) is 14.5 Å². The average Bonchev–Trinajstić information content (AvgIpc) is 2.65. The molecule has 0 radical (unpaired) electrons. The van der Waals surface area contributed by atoms with Gasteiger partial charge in [-0.15, -0.1) is 0 Å². The average molecular weight is 410 g/mol. The minimum atomic E-state index is -3.55. The van der Waals surface area contributed by atoms with E-state index in [1.807, 2.05) is 6.92 Å². The SMILES string of the molecule is Cc1ccc(S(=O)(=O)N2CC[NH+](CC(=O)Nc3ccc(F)cc3F)CC2)cc1. The van der Waals surface area contributed by atoms with Crippen LogP contribution in [0.1, 0.15) is 5.56 Å². The largest absolute Gasteiger partial charge is 0.325 e. The zero-order chi connectivity index (χ0) is 20.3. The van der Waals surface area contributed by atoms with Crippen molar-refractivity contribution in [1.29, 1.82) is 0 Å². The Morgan fingerprint density at radius 1 is 1.11 bits per heavy atom. The van der Waals surface area contributed by atoms with Gasteiger partial charge in [-0.2, -0.15) is 4.31 Å². The minimum Gasteiger partial charge on any atom is -0.325 e. The molecular formula is C19H22F2N3O3S+. The Morgan fingerprint density at radius 3 is 2.36 bits per heavy atom. The Balaban J connectivity index is 1.55. The Labute approximate surface area is 162 Å². The molecule has 0 aliphatic carbocycles. The maximum absolute atomic E-state index is 13.6. The van der Waals surface area contributed by atoms with Crippen LogP contribution in [-0.2, 0) is 14.8 Å². The number of carbonyl (C=O) groups is 1. The molecule has 0 unspecified atom stereocenters. The lowest BCUT2D eigenvalue weighted by atomic mass is 10.2. The summed E-state index contributed by atoms with van der Waals surface area (Å²) < 4.78 is 53.4. The van der Waals surface area contributed by atoms with Crippen LogP contribution in [0.3, 0.4) is 0 Å². The first-order valence-corrected chi connectivity index (χ1v) is 10.3. The van der Waals surface area contributed by atoms with Crippen LogP contribution in [0.5, 0.6) is 0 Å². The highest BCUT2D eigenvalue weighted by molar-refractivity contribution is 7.89. The number of amides is 1. The van der Waals surface area contributed by atoms with Crippen LogP contribution in [0.25, 0.3) is 0 Å². The Kier molecular flexibility index (Phi) is 6.07. The van der Waals surface area contributed by atoms with Gasteiger partial charge < -0.3 is 10.2 Å². The molecule has 0 saturated carbocycles. The molecular weight excluding hydrogens is 388 g/mol. The molecule has 1 amide bonds. The van der Waals surface area contributed by atoms with Gasteiger partial charge in [-0.3, -0.25) is 4.79 Å². The highest BCUT2D eigenvalue weighted by Crippen LogP contribution is 2.16. The molecule has 2 aromatic carbocycles. The molecule has 3 rings (SSSR count). The summed E-state index contributed by atoms with van der Waals surface area (Å²) in [4.78, 5) is 13.3. The fourth-order valence-electron chi connectivity index (χ4n) is 3.09. The number of halogens is 2. The number of carbonyl (C=O) groups excluding carboxylic acids is 1. The van der Waals surface area contributed by atoms with Crippen LogP contribution in [0, 0.1) is 18.6 Å². The lowest BCUT2D eigenvalue weighted by molar-refractivity contribution is -0.895. The van der Waals surface area contributed by atoms with Gasteiger partial charge in [0.15, 0.2) is 6.54 Å². The van der Waals surface area contributed by atoms with Gasteiger partial charge in [0.25, 0.3) is 5.91 Å². The van der Waals surface area contributed by atoms with Crippen LogP contribution in [-0.4, -0.2) is 51.4 Å². The van der Waals surface area contributed by atoms with E-state index in [1.54, 1.807) is 24.3 Å². The number of rotatable bonds is 5. The summed E-state index contributed by atoms with van der Waals surface area (Å²) in [5.41, 5.74) is 0.906. The summed E-state index contributed by atoms with van der Waals surface area (Å²) in [6, 6.07) is 9.64. The lowest BCUT2D eigenvalue weighted by Gasteiger charge is -2.31. The predicted octanol–water partition coefficient (Wildman–Crippen LogP) is 0.801. The molecule has 0 bridgehead atoms. The topological polar surface area (TPSA) is 70.9 Å². The van der Waals surface area contributed by atoms with Crippen molar-refractivity contribution in [3.63, 3.8) is 0 Å². The molecule has 1 heterocycles. The van der Waals surface area contributed by atoms with Crippen LogP contribution in [0.15, 0.2) is 47.4 Å². The number of anilines is 1. The molecule has 0 aromatic heterocycles. The Hall–Kier alpha value is -2.36. The molecule has 0 spiro atoms. The first kappa shape index (κ1) is 20.4. The van der Waals surface area contributed by atoms with E-state index in [1.165, 1.54) is 10.4 Å². The second kappa shape index (κ2) is 8.34. The van der Waals surface area contributed by atoms with E-state index in [9.17, 15) is 22.0 Å². The number of nitrogens with zero attached hydrogens (tertiary/aromatic N) is 1. The number of sulfonamides is 1. The maximum atomic E-state index is 13.6. The quantitative estimate of drug-likeness (QED) is 0.766. The minimum absolute atomic E-state index is 0.0774. The van der Waals surface area contributed by atoms with Crippen molar-refractivity contribution in [3.8, 4) is 0 Å². The molecule has 1 saturated heterocycles. The smallest absolute Gasteiger partial charge is 0.279 e. The van der Waals surface area contributed by atoms with Crippen LogP contribution >= 0.6 is 0 Å². The number of benzene rings is 2. The first-order chi connectivity index (χ1) is 13.3. The first-order valence-electron chi connectivity index (χ1n) is 8.91. The molecule has 1 aliphatic heterocycles. The van der Waals surface area contributed by atoms with Gasteiger partial charge in [0.1, 0.15) is 11.6 Å². The number of aryl methyl sites for hydroxylation is 1. The van der Waals surface area contributed by atoms with Crippen molar-refractivity contribution in [3.05, 3.63) is 59.7 Å². The molecule has 28 heavy (non-hydrogen) atoms. The van der Waals surface area contributed by atoms with E-state index in [-0.39, 0.29) is 17.1 Å². The number of nitrogens with one attached hydrogen (secondary N) is 2.